The highest BCUT2D eigenvalue weighted by Crippen LogP contribution is 2.26. The molecule has 5 N–H and O–H groups in total. The van der Waals surface area contributed by atoms with Crippen LogP contribution in [0.2, 0.25) is 0 Å². The predicted molar refractivity (Wildman–Crippen MR) is 69.0 cm³/mol. The highest BCUT2D eigenvalue weighted by atomic mass is 79.9. The molecule has 0 heterocycles. The molecule has 0 aromatic heterocycles. The first-order valence-electron chi connectivity index (χ1n) is 4.60. The molecule has 0 spiro atoms. The summed E-state index contributed by atoms with van der Waals surface area (Å²) < 4.78 is 0.852. The summed E-state index contributed by atoms with van der Waals surface area (Å²) in [5.74, 6) is 0.362. The first-order chi connectivity index (χ1) is 7.54. The zero-order valence-corrected chi connectivity index (χ0v) is 10.9. The fraction of sp³-hybridized carbons (Fsp3) is 0.300. The summed E-state index contributed by atoms with van der Waals surface area (Å²) in [5, 5.41) is 25.4. The number of amidine groups is 1. The molecule has 4 nitrogen and oxygen atoms in total. The van der Waals surface area contributed by atoms with E-state index < -0.39 is 6.10 Å². The quantitative estimate of drug-likeness (QED) is 0.373. The van der Waals surface area contributed by atoms with Crippen molar-refractivity contribution in [3.8, 4) is 0 Å². The maximum absolute atomic E-state index is 9.24. The van der Waals surface area contributed by atoms with Crippen molar-refractivity contribution in [3.05, 3.63) is 28.2 Å². The Morgan fingerprint density at radius 2 is 2.25 bits per heavy atom. The van der Waals surface area contributed by atoms with E-state index in [9.17, 15) is 5.11 Å². The van der Waals surface area contributed by atoms with Crippen LogP contribution in [-0.2, 0) is 0 Å². The van der Waals surface area contributed by atoms with Gasteiger partial charge in [-0.15, -0.1) is 11.8 Å². The molecule has 1 unspecified atom stereocenters. The second kappa shape index (κ2) is 6.24. The maximum atomic E-state index is 9.24. The molecule has 0 saturated carbocycles. The van der Waals surface area contributed by atoms with Crippen LogP contribution in [0, 0.1) is 5.41 Å². The predicted octanol–water partition coefficient (Wildman–Crippen LogP) is 1.18. The summed E-state index contributed by atoms with van der Waals surface area (Å²) in [6.45, 7) is -0.265. The molecule has 1 aromatic rings. The second-order valence-corrected chi connectivity index (χ2v) is 5.18. The topological polar surface area (TPSA) is 90.3 Å². The molecule has 0 aliphatic carbocycles. The number of nitrogen functional groups attached to an aromatic ring is 1. The van der Waals surface area contributed by atoms with Crippen molar-refractivity contribution in [1.82, 2.24) is 0 Å². The fourth-order valence-electron chi connectivity index (χ4n) is 1.08. The lowest BCUT2D eigenvalue weighted by Crippen LogP contribution is -2.16. The third-order valence-corrected chi connectivity index (χ3v) is 3.59. The van der Waals surface area contributed by atoms with Gasteiger partial charge in [-0.3, -0.25) is 5.41 Å². The van der Waals surface area contributed by atoms with Crippen LogP contribution in [0.25, 0.3) is 0 Å². The van der Waals surface area contributed by atoms with Gasteiger partial charge in [-0.25, -0.2) is 0 Å². The molecule has 1 aromatic carbocycles. The van der Waals surface area contributed by atoms with E-state index in [0.29, 0.717) is 11.3 Å². The maximum Gasteiger partial charge on any atom is 0.123 e. The molecule has 0 aliphatic heterocycles. The van der Waals surface area contributed by atoms with E-state index in [2.05, 4.69) is 15.9 Å². The summed E-state index contributed by atoms with van der Waals surface area (Å²) >= 11 is 4.67. The number of rotatable bonds is 5. The van der Waals surface area contributed by atoms with E-state index in [0.717, 1.165) is 9.37 Å². The Kier molecular flexibility index (Phi) is 5.27. The largest absolute Gasteiger partial charge is 0.394 e. The Morgan fingerprint density at radius 1 is 1.56 bits per heavy atom. The standard InChI is InChI=1S/C10H13BrN2O2S/c11-6-1-2-9(8(3-6)10(12)13)16-5-7(15)4-14/h1-3,7,14-15H,4-5H2,(H3,12,13). The van der Waals surface area contributed by atoms with Gasteiger partial charge in [-0.1, -0.05) is 15.9 Å². The second-order valence-electron chi connectivity index (χ2n) is 3.20. The SMILES string of the molecule is N=C(N)c1cc(Br)ccc1SCC(O)CO. The lowest BCUT2D eigenvalue weighted by molar-refractivity contribution is 0.113. The van der Waals surface area contributed by atoms with Crippen LogP contribution in [0.1, 0.15) is 5.56 Å². The van der Waals surface area contributed by atoms with Gasteiger partial charge in [0.2, 0.25) is 0 Å². The highest BCUT2D eigenvalue weighted by molar-refractivity contribution is 9.10. The van der Waals surface area contributed by atoms with Gasteiger partial charge in [0.25, 0.3) is 0 Å². The monoisotopic (exact) mass is 304 g/mol. The molecule has 0 aliphatic rings. The first kappa shape index (κ1) is 13.5. The molecule has 0 amide bonds. The van der Waals surface area contributed by atoms with Gasteiger partial charge in [0.1, 0.15) is 5.84 Å². The van der Waals surface area contributed by atoms with Crippen LogP contribution in [0.5, 0.6) is 0 Å². The van der Waals surface area contributed by atoms with Gasteiger partial charge in [0, 0.05) is 20.7 Å². The minimum Gasteiger partial charge on any atom is -0.394 e. The minimum absolute atomic E-state index is 0.0118. The Balaban J connectivity index is 2.82. The molecule has 88 valence electrons. The van der Waals surface area contributed by atoms with Crippen LogP contribution in [0.4, 0.5) is 0 Å². The van der Waals surface area contributed by atoms with Crippen LogP contribution < -0.4 is 5.73 Å². The Hall–Kier alpha value is -0.560. The lowest BCUT2D eigenvalue weighted by atomic mass is 10.2. The van der Waals surface area contributed by atoms with Crippen molar-refractivity contribution in [3.63, 3.8) is 0 Å². The van der Waals surface area contributed by atoms with Crippen molar-refractivity contribution in [2.75, 3.05) is 12.4 Å². The number of nitrogens with two attached hydrogens (primary N) is 1. The summed E-state index contributed by atoms with van der Waals surface area (Å²) in [6.07, 6.45) is -0.756. The van der Waals surface area contributed by atoms with Crippen LogP contribution in [-0.4, -0.2) is 34.5 Å². The van der Waals surface area contributed by atoms with Gasteiger partial charge < -0.3 is 15.9 Å². The van der Waals surface area contributed by atoms with Crippen molar-refractivity contribution in [1.29, 1.82) is 5.41 Å². The third kappa shape index (κ3) is 3.79. The zero-order chi connectivity index (χ0) is 12.1. The van der Waals surface area contributed by atoms with E-state index in [1.807, 2.05) is 12.1 Å². The number of aliphatic hydroxyl groups excluding tert-OH is 2. The van der Waals surface area contributed by atoms with E-state index >= 15 is 0 Å². The van der Waals surface area contributed by atoms with Crippen molar-refractivity contribution >= 4 is 33.5 Å². The summed E-state index contributed by atoms with van der Waals surface area (Å²) in [7, 11) is 0. The highest BCUT2D eigenvalue weighted by Gasteiger charge is 2.09. The number of hydrogen-bond acceptors (Lipinski definition) is 4. The molecule has 1 atom stereocenters. The molecule has 0 fully saturated rings. The number of hydrogen-bond donors (Lipinski definition) is 4. The van der Waals surface area contributed by atoms with Crippen LogP contribution in [0.15, 0.2) is 27.6 Å². The molecule has 0 radical (unpaired) electrons. The van der Waals surface area contributed by atoms with Crippen molar-refractivity contribution < 1.29 is 10.2 Å². The lowest BCUT2D eigenvalue weighted by Gasteiger charge is -2.10. The minimum atomic E-state index is -0.756. The van der Waals surface area contributed by atoms with Crippen LogP contribution >= 0.6 is 27.7 Å². The zero-order valence-electron chi connectivity index (χ0n) is 8.48. The number of nitrogens with one attached hydrogen (secondary N) is 1. The number of benzene rings is 1. The van der Waals surface area contributed by atoms with Gasteiger partial charge >= 0.3 is 0 Å². The van der Waals surface area contributed by atoms with Crippen molar-refractivity contribution in [2.45, 2.75) is 11.0 Å². The van der Waals surface area contributed by atoms with Gasteiger partial charge in [-0.05, 0) is 18.2 Å². The number of aliphatic hydroxyl groups is 2. The molecule has 16 heavy (non-hydrogen) atoms. The van der Waals surface area contributed by atoms with E-state index in [-0.39, 0.29) is 12.4 Å². The summed E-state index contributed by atoms with van der Waals surface area (Å²) in [5.41, 5.74) is 6.09. The first-order valence-corrected chi connectivity index (χ1v) is 6.38. The summed E-state index contributed by atoms with van der Waals surface area (Å²) in [6, 6.07) is 5.44. The normalized spacial score (nSPS) is 12.4. The fourth-order valence-corrected chi connectivity index (χ4v) is 2.40. The molecular weight excluding hydrogens is 292 g/mol. The average Bonchev–Trinajstić information content (AvgIpc) is 2.26. The molecule has 0 saturated heterocycles. The average molecular weight is 305 g/mol. The Labute approximate surface area is 106 Å². The van der Waals surface area contributed by atoms with E-state index in [1.165, 1.54) is 11.8 Å². The number of halogens is 1. The smallest absolute Gasteiger partial charge is 0.123 e. The molecule has 6 heteroatoms. The van der Waals surface area contributed by atoms with Gasteiger partial charge in [0.05, 0.1) is 12.7 Å². The van der Waals surface area contributed by atoms with Gasteiger partial charge in [0.15, 0.2) is 0 Å². The Bertz CT molecular complexity index is 387. The molecule has 1 rings (SSSR count). The van der Waals surface area contributed by atoms with E-state index in [1.54, 1.807) is 6.07 Å². The Morgan fingerprint density at radius 3 is 2.81 bits per heavy atom. The van der Waals surface area contributed by atoms with E-state index in [4.69, 9.17) is 16.2 Å². The summed E-state index contributed by atoms with van der Waals surface area (Å²) in [4.78, 5) is 0.822. The number of thioether (sulfide) groups is 1. The third-order valence-electron chi connectivity index (χ3n) is 1.87. The van der Waals surface area contributed by atoms with Gasteiger partial charge in [-0.2, -0.15) is 0 Å². The van der Waals surface area contributed by atoms with Crippen LogP contribution in [0.3, 0.4) is 0 Å². The van der Waals surface area contributed by atoms with Crippen molar-refractivity contribution in [2.24, 2.45) is 5.73 Å². The molecule has 0 bridgehead atoms. The molecular formula is C10H13BrN2O2S.